The predicted octanol–water partition coefficient (Wildman–Crippen LogP) is 2.68. The highest BCUT2D eigenvalue weighted by molar-refractivity contribution is 5.25. The van der Waals surface area contributed by atoms with Crippen molar-refractivity contribution in [1.29, 1.82) is 5.26 Å². The maximum atomic E-state index is 9.13. The Balaban J connectivity index is 1.87. The van der Waals surface area contributed by atoms with Gasteiger partial charge in [0.15, 0.2) is 0 Å². The van der Waals surface area contributed by atoms with Crippen molar-refractivity contribution in [1.82, 2.24) is 5.32 Å². The topological polar surface area (TPSA) is 49.0 Å². The predicted molar refractivity (Wildman–Crippen MR) is 65.2 cm³/mol. The van der Waals surface area contributed by atoms with Crippen LogP contribution in [0.15, 0.2) is 53.3 Å². The molecule has 1 aromatic carbocycles. The number of nitrogens with one attached hydrogen (secondary N) is 1. The van der Waals surface area contributed by atoms with Crippen LogP contribution < -0.4 is 5.32 Å². The fourth-order valence-corrected chi connectivity index (χ4v) is 1.68. The van der Waals surface area contributed by atoms with Crippen LogP contribution in [-0.4, -0.2) is 6.54 Å². The zero-order chi connectivity index (χ0) is 11.9. The summed E-state index contributed by atoms with van der Waals surface area (Å²) in [5.41, 5.74) is 2.14. The van der Waals surface area contributed by atoms with Gasteiger partial charge in [0.1, 0.15) is 0 Å². The average molecular weight is 226 g/mol. The first-order valence-corrected chi connectivity index (χ1v) is 5.56. The lowest BCUT2D eigenvalue weighted by Crippen LogP contribution is -2.20. The first-order valence-electron chi connectivity index (χ1n) is 5.56. The Morgan fingerprint density at radius 2 is 2.06 bits per heavy atom. The molecule has 1 heterocycles. The number of furan rings is 1. The Labute approximate surface area is 101 Å². The third kappa shape index (κ3) is 3.20. The van der Waals surface area contributed by atoms with Crippen LogP contribution in [0, 0.1) is 11.3 Å². The largest absolute Gasteiger partial charge is 0.472 e. The standard InChI is InChI=1S/C14H14N2O/c15-8-14(13-4-2-1-3-5-13)10-16-9-12-6-7-17-11-12/h1-7,11,14,16H,9-10H2. The van der Waals surface area contributed by atoms with Crippen LogP contribution in [0.5, 0.6) is 0 Å². The van der Waals surface area contributed by atoms with E-state index >= 15 is 0 Å². The number of nitriles is 1. The van der Waals surface area contributed by atoms with Crippen molar-refractivity contribution >= 4 is 0 Å². The summed E-state index contributed by atoms with van der Waals surface area (Å²) in [6.45, 7) is 1.37. The summed E-state index contributed by atoms with van der Waals surface area (Å²) in [6, 6.07) is 14.0. The molecule has 1 N–H and O–H groups in total. The van der Waals surface area contributed by atoms with Gasteiger partial charge in [0.05, 0.1) is 24.5 Å². The average Bonchev–Trinajstić information content (AvgIpc) is 2.89. The van der Waals surface area contributed by atoms with Crippen molar-refractivity contribution in [3.05, 3.63) is 60.1 Å². The van der Waals surface area contributed by atoms with E-state index < -0.39 is 0 Å². The smallest absolute Gasteiger partial charge is 0.0947 e. The molecule has 0 aliphatic rings. The minimum Gasteiger partial charge on any atom is -0.472 e. The van der Waals surface area contributed by atoms with Crippen LogP contribution in [-0.2, 0) is 6.54 Å². The monoisotopic (exact) mass is 226 g/mol. The molecule has 0 amide bonds. The van der Waals surface area contributed by atoms with Crippen LogP contribution in [0.4, 0.5) is 0 Å². The van der Waals surface area contributed by atoms with Gasteiger partial charge in [-0.2, -0.15) is 5.26 Å². The number of benzene rings is 1. The molecule has 1 aromatic heterocycles. The van der Waals surface area contributed by atoms with E-state index in [9.17, 15) is 0 Å². The van der Waals surface area contributed by atoms with Gasteiger partial charge in [-0.15, -0.1) is 0 Å². The molecule has 3 nitrogen and oxygen atoms in total. The third-order valence-electron chi connectivity index (χ3n) is 2.62. The molecule has 0 saturated heterocycles. The van der Waals surface area contributed by atoms with E-state index in [1.807, 2.05) is 36.4 Å². The van der Waals surface area contributed by atoms with Crippen LogP contribution in [0.1, 0.15) is 17.0 Å². The molecule has 0 bridgehead atoms. The van der Waals surface area contributed by atoms with Gasteiger partial charge in [-0.05, 0) is 11.6 Å². The van der Waals surface area contributed by atoms with E-state index in [0.29, 0.717) is 6.54 Å². The molecule has 17 heavy (non-hydrogen) atoms. The van der Waals surface area contributed by atoms with E-state index in [4.69, 9.17) is 9.68 Å². The van der Waals surface area contributed by atoms with E-state index in [0.717, 1.165) is 17.7 Å². The molecule has 0 saturated carbocycles. The summed E-state index contributed by atoms with van der Waals surface area (Å²) in [5.74, 6) is -0.108. The second-order valence-electron chi connectivity index (χ2n) is 3.85. The quantitative estimate of drug-likeness (QED) is 0.852. The highest BCUT2D eigenvalue weighted by atomic mass is 16.3. The molecule has 0 spiro atoms. The third-order valence-corrected chi connectivity index (χ3v) is 2.62. The minimum absolute atomic E-state index is 0.108. The molecule has 0 aliphatic carbocycles. The highest BCUT2D eigenvalue weighted by Crippen LogP contribution is 2.13. The lowest BCUT2D eigenvalue weighted by Gasteiger charge is -2.09. The van der Waals surface area contributed by atoms with E-state index in [1.54, 1.807) is 12.5 Å². The molecule has 0 aliphatic heterocycles. The molecule has 0 radical (unpaired) electrons. The summed E-state index contributed by atoms with van der Waals surface area (Å²) in [7, 11) is 0. The Morgan fingerprint density at radius 1 is 1.24 bits per heavy atom. The van der Waals surface area contributed by atoms with Gasteiger partial charge in [0.25, 0.3) is 0 Å². The number of rotatable bonds is 5. The first-order chi connectivity index (χ1) is 8.40. The molecule has 1 atom stereocenters. The Bertz CT molecular complexity index is 471. The SMILES string of the molecule is N#CC(CNCc1ccoc1)c1ccccc1. The van der Waals surface area contributed by atoms with Crippen molar-refractivity contribution in [2.75, 3.05) is 6.54 Å². The Kier molecular flexibility index (Phi) is 3.95. The van der Waals surface area contributed by atoms with Gasteiger partial charge in [0.2, 0.25) is 0 Å². The van der Waals surface area contributed by atoms with Gasteiger partial charge in [0, 0.05) is 18.7 Å². The summed E-state index contributed by atoms with van der Waals surface area (Å²) in [4.78, 5) is 0. The van der Waals surface area contributed by atoms with Crippen LogP contribution >= 0.6 is 0 Å². The van der Waals surface area contributed by atoms with E-state index in [2.05, 4.69) is 11.4 Å². The zero-order valence-electron chi connectivity index (χ0n) is 9.47. The van der Waals surface area contributed by atoms with Crippen LogP contribution in [0.3, 0.4) is 0 Å². The molecule has 3 heteroatoms. The second-order valence-corrected chi connectivity index (χ2v) is 3.85. The second kappa shape index (κ2) is 5.88. The van der Waals surface area contributed by atoms with E-state index in [1.165, 1.54) is 0 Å². The van der Waals surface area contributed by atoms with Crippen molar-refractivity contribution in [2.24, 2.45) is 0 Å². The van der Waals surface area contributed by atoms with Gasteiger partial charge in [-0.3, -0.25) is 0 Å². The molecule has 2 rings (SSSR count). The molecule has 2 aromatic rings. The van der Waals surface area contributed by atoms with Crippen molar-refractivity contribution in [2.45, 2.75) is 12.5 Å². The lowest BCUT2D eigenvalue weighted by atomic mass is 10.0. The Hall–Kier alpha value is -2.05. The van der Waals surface area contributed by atoms with Crippen molar-refractivity contribution < 1.29 is 4.42 Å². The fraction of sp³-hybridized carbons (Fsp3) is 0.214. The zero-order valence-corrected chi connectivity index (χ0v) is 9.47. The van der Waals surface area contributed by atoms with Gasteiger partial charge in [-0.25, -0.2) is 0 Å². The van der Waals surface area contributed by atoms with E-state index in [-0.39, 0.29) is 5.92 Å². The lowest BCUT2D eigenvalue weighted by molar-refractivity contribution is 0.559. The summed E-state index contributed by atoms with van der Waals surface area (Å²) in [5, 5.41) is 12.4. The van der Waals surface area contributed by atoms with Crippen molar-refractivity contribution in [3.8, 4) is 6.07 Å². The molecule has 1 unspecified atom stereocenters. The molecular formula is C14H14N2O. The van der Waals surface area contributed by atoms with Gasteiger partial charge < -0.3 is 9.73 Å². The maximum Gasteiger partial charge on any atom is 0.0947 e. The number of nitrogens with zero attached hydrogens (tertiary/aromatic N) is 1. The number of hydrogen-bond acceptors (Lipinski definition) is 3. The summed E-state index contributed by atoms with van der Waals surface area (Å²) >= 11 is 0. The fourth-order valence-electron chi connectivity index (χ4n) is 1.68. The van der Waals surface area contributed by atoms with Gasteiger partial charge in [-0.1, -0.05) is 30.3 Å². The van der Waals surface area contributed by atoms with Gasteiger partial charge >= 0.3 is 0 Å². The summed E-state index contributed by atoms with van der Waals surface area (Å²) in [6.07, 6.45) is 3.35. The number of hydrogen-bond donors (Lipinski definition) is 1. The maximum absolute atomic E-state index is 9.13. The Morgan fingerprint density at radius 3 is 2.71 bits per heavy atom. The van der Waals surface area contributed by atoms with Crippen LogP contribution in [0.2, 0.25) is 0 Å². The highest BCUT2D eigenvalue weighted by Gasteiger charge is 2.09. The molecule has 0 fully saturated rings. The molecular weight excluding hydrogens is 212 g/mol. The first kappa shape index (κ1) is 11.4. The van der Waals surface area contributed by atoms with Crippen molar-refractivity contribution in [3.63, 3.8) is 0 Å². The van der Waals surface area contributed by atoms with Crippen LogP contribution in [0.25, 0.3) is 0 Å². The normalized spacial score (nSPS) is 11.9. The molecule has 86 valence electrons. The summed E-state index contributed by atoms with van der Waals surface area (Å²) < 4.78 is 4.98. The minimum atomic E-state index is -0.108.